The van der Waals surface area contributed by atoms with E-state index in [1.165, 1.54) is 0 Å². The number of hydrogen-bond acceptors (Lipinski definition) is 3. The van der Waals surface area contributed by atoms with E-state index in [9.17, 15) is 0 Å². The molecule has 0 saturated heterocycles. The molecule has 2 atom stereocenters. The van der Waals surface area contributed by atoms with Gasteiger partial charge in [-0.25, -0.2) is 35.1 Å². The van der Waals surface area contributed by atoms with Gasteiger partial charge in [0, 0.05) is 45.7 Å². The summed E-state index contributed by atoms with van der Waals surface area (Å²) in [5.74, 6) is -11.6. The molecule has 0 aromatic heterocycles. The molecule has 0 spiro atoms. The van der Waals surface area contributed by atoms with Crippen molar-refractivity contribution >= 4 is 29.2 Å². The normalized spacial score (nSPS) is 16.0. The topological polar surface area (TPSA) is 21.7 Å². The first kappa shape index (κ1) is 57.4. The van der Waals surface area contributed by atoms with Gasteiger partial charge >= 0.3 is 0 Å². The Morgan fingerprint density at radius 3 is 1.01 bits per heavy atom. The van der Waals surface area contributed by atoms with Gasteiger partial charge in [-0.3, -0.25) is 0 Å². The number of anilines is 3. The van der Waals surface area contributed by atoms with Crippen LogP contribution in [0, 0.1) is 46.5 Å². The predicted molar refractivity (Wildman–Crippen MR) is 346 cm³/mol. The van der Waals surface area contributed by atoms with Gasteiger partial charge in [0.15, 0.2) is 34.9 Å². The van der Waals surface area contributed by atoms with Crippen LogP contribution in [0.25, 0.3) is 45.5 Å². The van der Waals surface area contributed by atoms with Crippen molar-refractivity contribution in [1.29, 1.82) is 0 Å². The van der Waals surface area contributed by atoms with Crippen molar-refractivity contribution in [2.75, 3.05) is 4.90 Å². The van der Waals surface area contributed by atoms with E-state index in [1.807, 2.05) is 77.7 Å². The van der Waals surface area contributed by atoms with E-state index in [-0.39, 0.29) is 11.1 Å². The number of halogens is 8. The summed E-state index contributed by atoms with van der Waals surface area (Å²) in [5, 5.41) is 0. The van der Waals surface area contributed by atoms with Crippen molar-refractivity contribution in [2.45, 2.75) is 30.1 Å². The second-order valence-electron chi connectivity index (χ2n) is 23.8. The van der Waals surface area contributed by atoms with Crippen LogP contribution in [0.4, 0.5) is 52.2 Å². The molecule has 3 nitrogen and oxygen atoms in total. The maximum absolute atomic E-state index is 17.5. The molecular weight excluding hydrogens is 1170 g/mol. The predicted octanol–water partition coefficient (Wildman–Crippen LogP) is 22.2. The summed E-state index contributed by atoms with van der Waals surface area (Å²) in [6, 6.07) is 67.4. The smallest absolute Gasteiger partial charge is 0.194 e. The Morgan fingerprint density at radius 2 is 0.630 bits per heavy atom. The summed E-state index contributed by atoms with van der Waals surface area (Å²) in [4.78, 5) is 1.92. The van der Waals surface area contributed by atoms with E-state index in [4.69, 9.17) is 9.47 Å². The molecule has 11 heteroatoms. The fourth-order valence-corrected chi connectivity index (χ4v) is 14.5. The zero-order chi connectivity index (χ0) is 63.5. The molecule has 2 unspecified atom stereocenters. The summed E-state index contributed by atoms with van der Waals surface area (Å²) in [6.07, 6.45) is 3.40. The minimum absolute atomic E-state index is 0.278. The van der Waals surface area contributed by atoms with E-state index in [0.717, 1.165) is 33.4 Å². The highest BCUT2D eigenvalue weighted by Crippen LogP contribution is 2.62. The highest BCUT2D eigenvalue weighted by molar-refractivity contribution is 5.94. The fraction of sp³-hybridized carbons (Fsp3) is 0.0617. The molecule has 0 bridgehead atoms. The van der Waals surface area contributed by atoms with Crippen LogP contribution >= 0.6 is 0 Å². The minimum atomic E-state index is -2.04. The van der Waals surface area contributed by atoms with Gasteiger partial charge in [0.1, 0.15) is 34.6 Å². The molecule has 0 amide bonds. The van der Waals surface area contributed by atoms with Crippen LogP contribution in [-0.2, 0) is 16.2 Å². The molecule has 0 radical (unpaired) electrons. The Bertz CT molecular complexity index is 4780. The van der Waals surface area contributed by atoms with Crippen LogP contribution in [0.2, 0.25) is 0 Å². The van der Waals surface area contributed by atoms with Gasteiger partial charge in [0.05, 0.1) is 10.8 Å². The van der Waals surface area contributed by atoms with Gasteiger partial charge in [-0.2, -0.15) is 0 Å². The number of rotatable bonds is 13. The molecule has 3 aliphatic rings. The van der Waals surface area contributed by atoms with Gasteiger partial charge in [-0.15, -0.1) is 0 Å². The molecule has 0 saturated carbocycles. The maximum Gasteiger partial charge on any atom is 0.194 e. The van der Waals surface area contributed by atoms with E-state index in [2.05, 4.69) is 45.2 Å². The highest BCUT2D eigenvalue weighted by atomic mass is 19.2. The Kier molecular flexibility index (Phi) is 13.5. The number of nitrogens with zero attached hydrogens (tertiary/aromatic N) is 1. The number of fused-ring (bicyclic) bond motifs is 9. The SMILES string of the molecule is C=Cc1ccc(Oc2ccc(C3(c4c(F)cc(F)c(F)c4F)c4ccccc4-c4ccc(N(c5ccc6c(c5)C(C)(C)c5ccccc5-6)c5ccc6c(c5)C(c5ccc(Oc7ccc(C=C)cc7)cc5)(c5c(F)cc(F)c(F)c5F)c5ccccc5-6)cc43)cc2)cc1. The Morgan fingerprint density at radius 1 is 0.315 bits per heavy atom. The lowest BCUT2D eigenvalue weighted by Gasteiger charge is -2.36. The van der Waals surface area contributed by atoms with Crippen LogP contribution in [0.1, 0.15) is 80.6 Å². The van der Waals surface area contributed by atoms with Crippen LogP contribution in [0.15, 0.2) is 250 Å². The van der Waals surface area contributed by atoms with Crippen LogP contribution in [0.5, 0.6) is 23.0 Å². The van der Waals surface area contributed by atoms with Crippen LogP contribution in [0.3, 0.4) is 0 Å². The number of benzene rings is 12. The summed E-state index contributed by atoms with van der Waals surface area (Å²) >= 11 is 0. The molecule has 0 fully saturated rings. The molecule has 12 aromatic rings. The van der Waals surface area contributed by atoms with Crippen molar-refractivity contribution < 1.29 is 44.6 Å². The second-order valence-corrected chi connectivity index (χ2v) is 23.8. The van der Waals surface area contributed by atoms with Gasteiger partial charge in [0.2, 0.25) is 0 Å². The Hall–Kier alpha value is -11.0. The largest absolute Gasteiger partial charge is 0.457 e. The molecule has 3 aliphatic carbocycles. The number of ether oxygens (including phenoxy) is 2. The zero-order valence-corrected chi connectivity index (χ0v) is 49.4. The molecule has 0 N–H and O–H groups in total. The van der Waals surface area contributed by atoms with E-state index < -0.39 is 73.9 Å². The van der Waals surface area contributed by atoms with E-state index in [0.29, 0.717) is 96.7 Å². The lowest BCUT2D eigenvalue weighted by atomic mass is 9.67. The van der Waals surface area contributed by atoms with Crippen molar-refractivity contribution in [1.82, 2.24) is 0 Å². The molecule has 0 aliphatic heterocycles. The zero-order valence-electron chi connectivity index (χ0n) is 49.4. The van der Waals surface area contributed by atoms with Gasteiger partial charge in [-0.1, -0.05) is 179 Å². The fourth-order valence-electron chi connectivity index (χ4n) is 14.5. The molecule has 448 valence electrons. The van der Waals surface area contributed by atoms with Gasteiger partial charge in [-0.05, 0) is 174 Å². The lowest BCUT2D eigenvalue weighted by Crippen LogP contribution is -2.32. The Balaban J connectivity index is 0.990. The third kappa shape index (κ3) is 8.55. The Labute approximate surface area is 525 Å². The van der Waals surface area contributed by atoms with Crippen molar-refractivity contribution in [2.24, 2.45) is 0 Å². The molecule has 12 aromatic carbocycles. The molecule has 92 heavy (non-hydrogen) atoms. The second kappa shape index (κ2) is 21.6. The first-order valence-electron chi connectivity index (χ1n) is 29.8. The summed E-state index contributed by atoms with van der Waals surface area (Å²) < 4.78 is 146. The van der Waals surface area contributed by atoms with Crippen molar-refractivity contribution in [3.05, 3.63) is 363 Å². The molecular formula is C81H51F8NO2. The average Bonchev–Trinajstić information content (AvgIpc) is 1.51. The minimum Gasteiger partial charge on any atom is -0.457 e. The van der Waals surface area contributed by atoms with Crippen LogP contribution in [-0.4, -0.2) is 0 Å². The monoisotopic (exact) mass is 1220 g/mol. The first-order chi connectivity index (χ1) is 44.5. The van der Waals surface area contributed by atoms with Gasteiger partial charge < -0.3 is 14.4 Å². The first-order valence-corrected chi connectivity index (χ1v) is 29.8. The number of hydrogen-bond donors (Lipinski definition) is 0. The molecule has 15 rings (SSSR count). The maximum atomic E-state index is 17.5. The summed E-state index contributed by atoms with van der Waals surface area (Å²) in [7, 11) is 0. The molecule has 0 heterocycles. The average molecular weight is 1220 g/mol. The lowest BCUT2D eigenvalue weighted by molar-refractivity contribution is 0.416. The highest BCUT2D eigenvalue weighted by Gasteiger charge is 2.53. The van der Waals surface area contributed by atoms with Crippen LogP contribution < -0.4 is 14.4 Å². The third-order valence-electron chi connectivity index (χ3n) is 18.7. The van der Waals surface area contributed by atoms with Crippen molar-refractivity contribution in [3.63, 3.8) is 0 Å². The summed E-state index contributed by atoms with van der Waals surface area (Å²) in [6.45, 7) is 11.9. The van der Waals surface area contributed by atoms with E-state index >= 15 is 35.1 Å². The standard InChI is InChI=1S/C81H51F8NO2/c1-5-46-19-30-53(31-20-46)91-55-34-23-48(24-35-55)80(73-69(82)44-71(84)75(86)77(73)88)64-17-11-8-14-58(64)61-39-28-51(42-67(61)80)90(50-27-38-60-57-13-7-10-16-63(57)79(3,4)66(60)41-50)52-29-40-62-59-15-9-12-18-65(59)81(68(62)43-52,74-70(83)45-72(85)76(87)78(74)89)49-25-36-56(37-26-49)92-54-32-21-47(6-2)22-33-54/h5-45H,1-2H2,3-4H3. The van der Waals surface area contributed by atoms with E-state index in [1.54, 1.807) is 146 Å². The summed E-state index contributed by atoms with van der Waals surface area (Å²) in [5.41, 5.74) is 5.06. The third-order valence-corrected chi connectivity index (χ3v) is 18.7. The van der Waals surface area contributed by atoms with Gasteiger partial charge in [0.25, 0.3) is 0 Å². The van der Waals surface area contributed by atoms with Crippen molar-refractivity contribution in [3.8, 4) is 56.4 Å². The quantitative estimate of drug-likeness (QED) is 0.0652.